The van der Waals surface area contributed by atoms with Gasteiger partial charge in [0.05, 0.1) is 18.8 Å². The van der Waals surface area contributed by atoms with Crippen LogP contribution >= 0.6 is 0 Å². The van der Waals surface area contributed by atoms with Crippen LogP contribution in [-0.4, -0.2) is 54.4 Å². The second-order valence-electron chi connectivity index (χ2n) is 5.69. The summed E-state index contributed by atoms with van der Waals surface area (Å²) >= 11 is 0. The molecule has 2 atom stereocenters. The van der Waals surface area contributed by atoms with Crippen molar-refractivity contribution in [1.82, 2.24) is 20.7 Å². The molecule has 0 fully saturated rings. The molecule has 0 bridgehead atoms. The van der Waals surface area contributed by atoms with Gasteiger partial charge in [-0.3, -0.25) is 4.79 Å². The van der Waals surface area contributed by atoms with Crippen LogP contribution in [0.2, 0.25) is 0 Å². The summed E-state index contributed by atoms with van der Waals surface area (Å²) in [5.74, 6) is 0.411. The number of benzene rings is 1. The number of carbonyl (C=O) groups excluding carboxylic acids is 1. The molecule has 2 unspecified atom stereocenters. The standard InChI is InChI=1S/C18H24N4O3/c1-12(17(19-2)21-24)22(3)18(23)14-10-8-13(9-11-14)15-6-5-7-16(20-15)25-4/h5-12,17,19,21,24H,1-4H3. The predicted octanol–water partition coefficient (Wildman–Crippen LogP) is 1.74. The molecule has 3 N–H and O–H groups in total. The number of methoxy groups -OCH3 is 1. The maximum absolute atomic E-state index is 12.6. The third kappa shape index (κ3) is 4.33. The molecule has 134 valence electrons. The van der Waals surface area contributed by atoms with E-state index < -0.39 is 6.17 Å². The quantitative estimate of drug-likeness (QED) is 0.524. The fourth-order valence-electron chi connectivity index (χ4n) is 2.50. The van der Waals surface area contributed by atoms with Crippen molar-refractivity contribution >= 4 is 5.91 Å². The van der Waals surface area contributed by atoms with E-state index in [0.717, 1.165) is 11.3 Å². The average Bonchev–Trinajstić information content (AvgIpc) is 2.67. The Kier molecular flexibility index (Phi) is 6.46. The zero-order valence-electron chi connectivity index (χ0n) is 14.9. The van der Waals surface area contributed by atoms with Gasteiger partial charge in [0.25, 0.3) is 5.91 Å². The number of carbonyl (C=O) groups is 1. The molecule has 1 aromatic heterocycles. The number of likely N-dealkylation sites (N-methyl/N-ethyl adjacent to an activating group) is 2. The summed E-state index contributed by atoms with van der Waals surface area (Å²) < 4.78 is 5.14. The minimum absolute atomic E-state index is 0.131. The molecule has 1 amide bonds. The van der Waals surface area contributed by atoms with Crippen LogP contribution < -0.4 is 15.5 Å². The Morgan fingerprint density at radius 2 is 1.92 bits per heavy atom. The van der Waals surface area contributed by atoms with Gasteiger partial charge in [0.1, 0.15) is 6.17 Å². The number of ether oxygens (including phenoxy) is 1. The Morgan fingerprint density at radius 3 is 2.48 bits per heavy atom. The highest BCUT2D eigenvalue weighted by atomic mass is 16.5. The van der Waals surface area contributed by atoms with Gasteiger partial charge in [-0.05, 0) is 32.2 Å². The number of nitrogens with zero attached hydrogens (tertiary/aromatic N) is 2. The molecule has 0 saturated heterocycles. The van der Waals surface area contributed by atoms with Crippen LogP contribution in [0.4, 0.5) is 0 Å². The largest absolute Gasteiger partial charge is 0.481 e. The van der Waals surface area contributed by atoms with E-state index in [1.807, 2.05) is 31.2 Å². The lowest BCUT2D eigenvalue weighted by atomic mass is 10.1. The van der Waals surface area contributed by atoms with Crippen LogP contribution in [0.25, 0.3) is 11.3 Å². The highest BCUT2D eigenvalue weighted by Crippen LogP contribution is 2.21. The minimum Gasteiger partial charge on any atom is -0.481 e. The highest BCUT2D eigenvalue weighted by molar-refractivity contribution is 5.94. The Morgan fingerprint density at radius 1 is 1.24 bits per heavy atom. The Bertz CT molecular complexity index is 702. The summed E-state index contributed by atoms with van der Waals surface area (Å²) in [6.07, 6.45) is -0.422. The lowest BCUT2D eigenvalue weighted by Gasteiger charge is -2.30. The summed E-state index contributed by atoms with van der Waals surface area (Å²) in [6.45, 7) is 1.84. The van der Waals surface area contributed by atoms with Gasteiger partial charge >= 0.3 is 0 Å². The van der Waals surface area contributed by atoms with Crippen molar-refractivity contribution in [2.24, 2.45) is 0 Å². The van der Waals surface area contributed by atoms with Crippen molar-refractivity contribution in [1.29, 1.82) is 0 Å². The molecule has 0 aliphatic rings. The number of hydrogen-bond acceptors (Lipinski definition) is 6. The zero-order chi connectivity index (χ0) is 18.4. The van der Waals surface area contributed by atoms with Gasteiger partial charge in [-0.15, -0.1) is 0 Å². The molecule has 25 heavy (non-hydrogen) atoms. The topological polar surface area (TPSA) is 86.7 Å². The number of hydroxylamine groups is 1. The summed E-state index contributed by atoms with van der Waals surface area (Å²) in [7, 11) is 4.98. The lowest BCUT2D eigenvalue weighted by Crippen LogP contribution is -2.54. The molecule has 0 radical (unpaired) electrons. The van der Waals surface area contributed by atoms with Crippen LogP contribution in [0.1, 0.15) is 17.3 Å². The SMILES string of the molecule is CNC(NO)C(C)N(C)C(=O)c1ccc(-c2cccc(OC)n2)cc1. The second kappa shape index (κ2) is 8.57. The number of rotatable bonds is 7. The predicted molar refractivity (Wildman–Crippen MR) is 95.6 cm³/mol. The van der Waals surface area contributed by atoms with Crippen molar-refractivity contribution in [3.05, 3.63) is 48.0 Å². The maximum Gasteiger partial charge on any atom is 0.253 e. The fraction of sp³-hybridized carbons (Fsp3) is 0.333. The van der Waals surface area contributed by atoms with Gasteiger partial charge in [-0.25, -0.2) is 4.98 Å². The third-order valence-electron chi connectivity index (χ3n) is 4.22. The number of aromatic nitrogens is 1. The van der Waals surface area contributed by atoms with Gasteiger partial charge in [0, 0.05) is 24.2 Å². The third-order valence-corrected chi connectivity index (χ3v) is 4.22. The first-order valence-electron chi connectivity index (χ1n) is 7.97. The molecule has 0 spiro atoms. The van der Waals surface area contributed by atoms with E-state index in [1.165, 1.54) is 0 Å². The van der Waals surface area contributed by atoms with Crippen molar-refractivity contribution in [2.45, 2.75) is 19.1 Å². The van der Waals surface area contributed by atoms with Crippen LogP contribution in [0.5, 0.6) is 5.88 Å². The van der Waals surface area contributed by atoms with E-state index in [4.69, 9.17) is 9.94 Å². The van der Waals surface area contributed by atoms with E-state index in [1.54, 1.807) is 44.3 Å². The zero-order valence-corrected chi connectivity index (χ0v) is 14.9. The number of nitrogens with one attached hydrogen (secondary N) is 2. The molecule has 2 rings (SSSR count). The fourth-order valence-corrected chi connectivity index (χ4v) is 2.50. The summed E-state index contributed by atoms with van der Waals surface area (Å²) in [4.78, 5) is 18.6. The molecular weight excluding hydrogens is 320 g/mol. The number of amides is 1. The van der Waals surface area contributed by atoms with Crippen LogP contribution in [0.3, 0.4) is 0 Å². The van der Waals surface area contributed by atoms with E-state index in [9.17, 15) is 4.79 Å². The minimum atomic E-state index is -0.422. The monoisotopic (exact) mass is 344 g/mol. The van der Waals surface area contributed by atoms with E-state index in [-0.39, 0.29) is 11.9 Å². The smallest absolute Gasteiger partial charge is 0.253 e. The molecular formula is C18H24N4O3. The molecule has 7 nitrogen and oxygen atoms in total. The Labute approximate surface area is 147 Å². The summed E-state index contributed by atoms with van der Waals surface area (Å²) in [5, 5.41) is 12.0. The van der Waals surface area contributed by atoms with Crippen molar-refractivity contribution < 1.29 is 14.7 Å². The van der Waals surface area contributed by atoms with Crippen molar-refractivity contribution in [2.75, 3.05) is 21.2 Å². The van der Waals surface area contributed by atoms with E-state index in [2.05, 4.69) is 15.8 Å². The molecule has 0 aliphatic carbocycles. The van der Waals surface area contributed by atoms with Crippen molar-refractivity contribution in [3.8, 4) is 17.1 Å². The van der Waals surface area contributed by atoms with Gasteiger partial charge < -0.3 is 20.2 Å². The van der Waals surface area contributed by atoms with Crippen LogP contribution in [0.15, 0.2) is 42.5 Å². The molecule has 7 heteroatoms. The lowest BCUT2D eigenvalue weighted by molar-refractivity contribution is 0.0493. The average molecular weight is 344 g/mol. The molecule has 0 aliphatic heterocycles. The molecule has 1 aromatic carbocycles. The Balaban J connectivity index is 2.17. The second-order valence-corrected chi connectivity index (χ2v) is 5.69. The number of pyridine rings is 1. The first-order valence-corrected chi connectivity index (χ1v) is 7.97. The first kappa shape index (κ1) is 18.9. The van der Waals surface area contributed by atoms with Gasteiger partial charge in [0.15, 0.2) is 0 Å². The van der Waals surface area contributed by atoms with Crippen LogP contribution in [-0.2, 0) is 0 Å². The van der Waals surface area contributed by atoms with Crippen molar-refractivity contribution in [3.63, 3.8) is 0 Å². The first-order chi connectivity index (χ1) is 12.0. The summed E-state index contributed by atoms with van der Waals surface area (Å²) in [5.41, 5.74) is 4.40. The summed E-state index contributed by atoms with van der Waals surface area (Å²) in [6, 6.07) is 12.5. The normalized spacial score (nSPS) is 13.2. The molecule has 0 saturated carbocycles. The van der Waals surface area contributed by atoms with Crippen LogP contribution in [0, 0.1) is 0 Å². The highest BCUT2D eigenvalue weighted by Gasteiger charge is 2.23. The van der Waals surface area contributed by atoms with Gasteiger partial charge in [-0.2, -0.15) is 5.48 Å². The van der Waals surface area contributed by atoms with Gasteiger partial charge in [-0.1, -0.05) is 18.2 Å². The maximum atomic E-state index is 12.6. The van der Waals surface area contributed by atoms with Gasteiger partial charge in [0.2, 0.25) is 5.88 Å². The molecule has 2 aromatic rings. The molecule has 1 heterocycles. The number of hydrogen-bond donors (Lipinski definition) is 3. The Hall–Kier alpha value is -2.48. The van der Waals surface area contributed by atoms with E-state index >= 15 is 0 Å². The van der Waals surface area contributed by atoms with E-state index in [0.29, 0.717) is 11.4 Å².